The average molecular weight is 587 g/mol. The molecule has 0 radical (unpaired) electrons. The molecule has 2 aliphatic carbocycles. The van der Waals surface area contributed by atoms with Gasteiger partial charge in [0, 0.05) is 12.5 Å². The van der Waals surface area contributed by atoms with Gasteiger partial charge in [0.2, 0.25) is 0 Å². The van der Waals surface area contributed by atoms with E-state index in [4.69, 9.17) is 23.9 Å². The molecule has 0 bridgehead atoms. The third-order valence-electron chi connectivity index (χ3n) is 8.59. The number of aliphatic imine (C=N–C) groups is 1. The monoisotopic (exact) mass is 586 g/mol. The fourth-order valence-electron chi connectivity index (χ4n) is 7.11. The molecule has 8 nitrogen and oxygen atoms in total. The number of hydrogen-bond acceptors (Lipinski definition) is 7. The molecule has 4 rings (SSSR count). The number of carbonyl (C=O) groups is 2. The first-order valence-corrected chi connectivity index (χ1v) is 15.4. The standard InChI is InChI=1S/C34H52N2O6/c1-21(2)12-13-24-14-15-25-19-33(17-22(3)27(39-11)23(4)18-33)34(26(25)16-24)20-40-28(35-34)36(29(37)41-31(5,6)7)30(38)42-32(8,9)10/h14-16,21-23,27H,12-13,17-20H2,1-11H3/t22-,23+,27?,33?,34?/i20D2. The molecule has 1 aromatic carbocycles. The quantitative estimate of drug-likeness (QED) is 0.360. The van der Waals surface area contributed by atoms with Crippen LogP contribution in [-0.4, -0.2) is 54.1 Å². The molecule has 5 atom stereocenters. The van der Waals surface area contributed by atoms with Gasteiger partial charge in [-0.3, -0.25) is 0 Å². The van der Waals surface area contributed by atoms with Crippen LogP contribution in [0, 0.1) is 23.2 Å². The largest absolute Gasteiger partial charge is 0.461 e. The number of rotatable bonds is 4. The second kappa shape index (κ2) is 11.5. The second-order valence-corrected chi connectivity index (χ2v) is 15.0. The number of ether oxygens (including phenoxy) is 4. The maximum absolute atomic E-state index is 13.6. The summed E-state index contributed by atoms with van der Waals surface area (Å²) in [4.78, 5) is 32.9. The maximum Gasteiger partial charge on any atom is 0.428 e. The Labute approximate surface area is 255 Å². The molecular weight excluding hydrogens is 532 g/mol. The van der Waals surface area contributed by atoms with Crippen LogP contribution in [0.15, 0.2) is 23.2 Å². The van der Waals surface area contributed by atoms with E-state index in [1.807, 2.05) is 0 Å². The van der Waals surface area contributed by atoms with Crippen molar-refractivity contribution < 1.29 is 31.3 Å². The Hall–Kier alpha value is -2.61. The third kappa shape index (κ3) is 6.34. The smallest absolute Gasteiger partial charge is 0.428 e. The van der Waals surface area contributed by atoms with Crippen molar-refractivity contribution >= 4 is 18.2 Å². The molecule has 0 saturated heterocycles. The first-order valence-electron chi connectivity index (χ1n) is 16.4. The molecule has 3 unspecified atom stereocenters. The lowest BCUT2D eigenvalue weighted by Gasteiger charge is -2.50. The summed E-state index contributed by atoms with van der Waals surface area (Å²) >= 11 is 0. The molecule has 1 fully saturated rings. The summed E-state index contributed by atoms with van der Waals surface area (Å²) in [5.74, 6) is 0.730. The van der Waals surface area contributed by atoms with Gasteiger partial charge in [-0.05, 0) is 108 Å². The van der Waals surface area contributed by atoms with Crippen LogP contribution in [0.2, 0.25) is 0 Å². The summed E-state index contributed by atoms with van der Waals surface area (Å²) in [5.41, 5.74) is -1.25. The Morgan fingerprint density at radius 1 is 1.07 bits per heavy atom. The van der Waals surface area contributed by atoms with Gasteiger partial charge in [-0.2, -0.15) is 0 Å². The molecule has 234 valence electrons. The number of amidine groups is 1. The van der Waals surface area contributed by atoms with Crippen LogP contribution >= 0.6 is 0 Å². The Morgan fingerprint density at radius 2 is 1.64 bits per heavy atom. The Kier molecular flexibility index (Phi) is 8.05. The lowest BCUT2D eigenvalue weighted by molar-refractivity contribution is -0.0780. The minimum Gasteiger partial charge on any atom is -0.461 e. The number of fused-ring (bicyclic) bond motifs is 3. The van der Waals surface area contributed by atoms with E-state index >= 15 is 0 Å². The van der Waals surface area contributed by atoms with Crippen molar-refractivity contribution in [1.82, 2.24) is 4.90 Å². The third-order valence-corrected chi connectivity index (χ3v) is 8.59. The van der Waals surface area contributed by atoms with Crippen molar-refractivity contribution in [2.75, 3.05) is 13.7 Å². The number of imide groups is 1. The zero-order valence-electron chi connectivity index (χ0n) is 29.4. The molecule has 0 aromatic heterocycles. The van der Waals surface area contributed by atoms with Crippen LogP contribution in [-0.2, 0) is 37.3 Å². The molecule has 2 amide bonds. The molecule has 8 heteroatoms. The molecule has 42 heavy (non-hydrogen) atoms. The Bertz CT molecular complexity index is 1260. The van der Waals surface area contributed by atoms with Gasteiger partial charge in [0.25, 0.3) is 0 Å². The number of carbonyl (C=O) groups excluding carboxylic acids is 2. The molecule has 1 aromatic rings. The van der Waals surface area contributed by atoms with Crippen molar-refractivity contribution in [3.63, 3.8) is 0 Å². The molecule has 1 saturated carbocycles. The summed E-state index contributed by atoms with van der Waals surface area (Å²) in [6.07, 6.45) is 1.62. The highest BCUT2D eigenvalue weighted by molar-refractivity contribution is 6.06. The van der Waals surface area contributed by atoms with Gasteiger partial charge in [-0.25, -0.2) is 14.6 Å². The van der Waals surface area contributed by atoms with E-state index in [1.54, 1.807) is 48.7 Å². The van der Waals surface area contributed by atoms with E-state index in [2.05, 4.69) is 45.9 Å². The summed E-state index contributed by atoms with van der Waals surface area (Å²) in [6.45, 7) is 16.4. The van der Waals surface area contributed by atoms with E-state index in [9.17, 15) is 12.3 Å². The van der Waals surface area contributed by atoms with Crippen LogP contribution in [0.5, 0.6) is 0 Å². The van der Waals surface area contributed by atoms with E-state index in [0.29, 0.717) is 30.1 Å². The van der Waals surface area contributed by atoms with Crippen LogP contribution in [0.3, 0.4) is 0 Å². The second-order valence-electron chi connectivity index (χ2n) is 15.0. The number of benzene rings is 1. The highest BCUT2D eigenvalue weighted by atomic mass is 16.6. The van der Waals surface area contributed by atoms with E-state index < -0.39 is 46.9 Å². The molecule has 1 heterocycles. The zero-order valence-corrected chi connectivity index (χ0v) is 27.4. The normalized spacial score (nSPS) is 30.9. The lowest BCUT2D eigenvalue weighted by atomic mass is 9.57. The van der Waals surface area contributed by atoms with Gasteiger partial charge in [-0.15, -0.1) is 4.90 Å². The van der Waals surface area contributed by atoms with Crippen molar-refractivity contribution in [2.24, 2.45) is 28.2 Å². The van der Waals surface area contributed by atoms with Crippen LogP contribution in [0.4, 0.5) is 9.59 Å². The molecule has 0 N–H and O–H groups in total. The molecular formula is C34H52N2O6. The highest BCUT2D eigenvalue weighted by Crippen LogP contribution is 2.63. The zero-order chi connectivity index (χ0) is 33.0. The summed E-state index contributed by atoms with van der Waals surface area (Å²) in [6, 6.07) is 5.85. The van der Waals surface area contributed by atoms with Crippen molar-refractivity contribution in [3.8, 4) is 0 Å². The lowest BCUT2D eigenvalue weighted by Crippen LogP contribution is -2.51. The number of amides is 2. The average Bonchev–Trinajstić information content (AvgIpc) is 3.26. The van der Waals surface area contributed by atoms with Crippen molar-refractivity contribution in [3.05, 3.63) is 34.9 Å². The van der Waals surface area contributed by atoms with E-state index in [0.717, 1.165) is 29.5 Å². The number of hydrogen-bond donors (Lipinski definition) is 0. The SMILES string of the molecule is [2H]C1([2H])OC(N(C(=O)OC(C)(C)C)C(=O)OC(C)(C)C)=NC12c1cc(CCC(C)C)ccc1CC21C[C@@H](C)C(OC)[C@@H](C)C1. The first kappa shape index (κ1) is 29.5. The Morgan fingerprint density at radius 3 is 2.14 bits per heavy atom. The van der Waals surface area contributed by atoms with Gasteiger partial charge < -0.3 is 18.9 Å². The van der Waals surface area contributed by atoms with Gasteiger partial charge in [0.05, 0.1) is 8.85 Å². The fraction of sp³-hybridized carbons (Fsp3) is 0.735. The van der Waals surface area contributed by atoms with Crippen LogP contribution < -0.4 is 0 Å². The van der Waals surface area contributed by atoms with Crippen molar-refractivity contribution in [1.29, 1.82) is 0 Å². The Balaban J connectivity index is 1.95. The predicted octanol–water partition coefficient (Wildman–Crippen LogP) is 7.65. The van der Waals surface area contributed by atoms with Crippen molar-refractivity contribution in [2.45, 2.75) is 124 Å². The van der Waals surface area contributed by atoms with Gasteiger partial charge in [0.15, 0.2) is 0 Å². The van der Waals surface area contributed by atoms with E-state index in [-0.39, 0.29) is 17.9 Å². The summed E-state index contributed by atoms with van der Waals surface area (Å²) in [5, 5.41) is 0. The van der Waals surface area contributed by atoms with Gasteiger partial charge in [-0.1, -0.05) is 45.9 Å². The minimum atomic E-state index is -2.40. The highest BCUT2D eigenvalue weighted by Gasteiger charge is 2.64. The fourth-order valence-corrected chi connectivity index (χ4v) is 7.11. The predicted molar refractivity (Wildman–Crippen MR) is 163 cm³/mol. The molecule has 3 aliphatic rings. The number of methoxy groups -OCH3 is 1. The molecule has 2 spiro atoms. The van der Waals surface area contributed by atoms with Crippen LogP contribution in [0.1, 0.15) is 108 Å². The maximum atomic E-state index is 13.6. The van der Waals surface area contributed by atoms with Gasteiger partial charge in [0.1, 0.15) is 23.3 Å². The van der Waals surface area contributed by atoms with E-state index in [1.165, 1.54) is 0 Å². The molecule has 1 aliphatic heterocycles. The number of nitrogens with zero attached hydrogens (tertiary/aromatic N) is 2. The minimum absolute atomic E-state index is 0.0136. The van der Waals surface area contributed by atoms with Gasteiger partial charge >= 0.3 is 18.2 Å². The first-order chi connectivity index (χ1) is 20.2. The summed E-state index contributed by atoms with van der Waals surface area (Å²) < 4.78 is 42.2. The summed E-state index contributed by atoms with van der Waals surface area (Å²) in [7, 11) is 1.73. The topological polar surface area (TPSA) is 86.7 Å². The van der Waals surface area contributed by atoms with Crippen LogP contribution in [0.25, 0.3) is 0 Å². The number of aryl methyl sites for hydroxylation is 1.